The molecule has 26 heavy (non-hydrogen) atoms. The van der Waals surface area contributed by atoms with Crippen LogP contribution in [0, 0.1) is 0 Å². The van der Waals surface area contributed by atoms with Gasteiger partial charge in [-0.25, -0.2) is 4.99 Å². The molecule has 0 atom stereocenters. The zero-order chi connectivity index (χ0) is 17.9. The van der Waals surface area contributed by atoms with Gasteiger partial charge in [0.1, 0.15) is 5.75 Å². The molecule has 4 nitrogen and oxygen atoms in total. The maximum atomic E-state index is 12.3. The van der Waals surface area contributed by atoms with E-state index in [1.165, 1.54) is 11.8 Å². The highest BCUT2D eigenvalue weighted by atomic mass is 32.2. The Labute approximate surface area is 155 Å². The predicted octanol–water partition coefficient (Wildman–Crippen LogP) is 4.74. The minimum atomic E-state index is -0.142. The molecule has 1 saturated heterocycles. The third kappa shape index (κ3) is 3.34. The van der Waals surface area contributed by atoms with Gasteiger partial charge in [-0.1, -0.05) is 48.5 Å². The Balaban J connectivity index is 1.65. The smallest absolute Gasteiger partial charge is 0.264 e. The molecule has 0 unspecified atom stereocenters. The highest BCUT2D eigenvalue weighted by molar-refractivity contribution is 8.18. The van der Waals surface area contributed by atoms with Gasteiger partial charge in [0.05, 0.1) is 17.7 Å². The summed E-state index contributed by atoms with van der Waals surface area (Å²) in [6, 6.07) is 21.6. The maximum Gasteiger partial charge on any atom is 0.264 e. The molecule has 5 heteroatoms. The predicted molar refractivity (Wildman–Crippen MR) is 108 cm³/mol. The number of hydrogen-bond acceptors (Lipinski definition) is 4. The Kier molecular flexibility index (Phi) is 4.46. The molecule has 4 rings (SSSR count). The van der Waals surface area contributed by atoms with E-state index in [2.05, 4.69) is 10.3 Å². The van der Waals surface area contributed by atoms with Crippen LogP contribution >= 0.6 is 11.8 Å². The fourth-order valence-corrected chi connectivity index (χ4v) is 3.61. The number of aliphatic imine (C=N–C) groups is 1. The molecule has 128 valence electrons. The second-order valence-electron chi connectivity index (χ2n) is 5.76. The average Bonchev–Trinajstić information content (AvgIpc) is 3.01. The van der Waals surface area contributed by atoms with E-state index < -0.39 is 0 Å². The van der Waals surface area contributed by atoms with Crippen LogP contribution in [-0.4, -0.2) is 18.2 Å². The van der Waals surface area contributed by atoms with Gasteiger partial charge in [-0.2, -0.15) is 0 Å². The Morgan fingerprint density at radius 3 is 2.73 bits per heavy atom. The second kappa shape index (κ2) is 7.06. The zero-order valence-electron chi connectivity index (χ0n) is 14.1. The lowest BCUT2D eigenvalue weighted by Crippen LogP contribution is -2.19. The standard InChI is InChI=1S/C21H16N2O2S/c1-25-16-9-4-6-14(12-16)13-19-20(24)23-21(26-19)22-18-11-5-8-15-7-2-3-10-17(15)18/h2-13H,1H3,(H,22,23,24)/b19-13+. The highest BCUT2D eigenvalue weighted by Gasteiger charge is 2.24. The quantitative estimate of drug-likeness (QED) is 0.687. The van der Waals surface area contributed by atoms with E-state index in [-0.39, 0.29) is 5.91 Å². The number of carbonyl (C=O) groups is 1. The molecule has 1 fully saturated rings. The summed E-state index contributed by atoms with van der Waals surface area (Å²) >= 11 is 1.34. The first kappa shape index (κ1) is 16.4. The number of fused-ring (bicyclic) bond motifs is 1. The van der Waals surface area contributed by atoms with E-state index in [1.807, 2.05) is 72.8 Å². The van der Waals surface area contributed by atoms with Crippen LogP contribution in [0.2, 0.25) is 0 Å². The first-order valence-electron chi connectivity index (χ1n) is 8.14. The maximum absolute atomic E-state index is 12.3. The van der Waals surface area contributed by atoms with Gasteiger partial charge in [0.2, 0.25) is 0 Å². The van der Waals surface area contributed by atoms with Gasteiger partial charge in [-0.05, 0) is 47.0 Å². The fraction of sp³-hybridized carbons (Fsp3) is 0.0476. The number of methoxy groups -OCH3 is 1. The normalized spacial score (nSPS) is 17.0. The van der Waals surface area contributed by atoms with Gasteiger partial charge in [-0.3, -0.25) is 4.79 Å². The van der Waals surface area contributed by atoms with Crippen molar-refractivity contribution < 1.29 is 9.53 Å². The minimum absolute atomic E-state index is 0.142. The second-order valence-corrected chi connectivity index (χ2v) is 6.79. The molecule has 1 aliphatic heterocycles. The third-order valence-corrected chi connectivity index (χ3v) is 4.94. The molecule has 0 aliphatic carbocycles. The molecular weight excluding hydrogens is 344 g/mol. The molecule has 1 N–H and O–H groups in total. The molecule has 0 bridgehead atoms. The number of nitrogens with one attached hydrogen (secondary N) is 1. The molecule has 3 aromatic carbocycles. The van der Waals surface area contributed by atoms with Crippen molar-refractivity contribution in [3.63, 3.8) is 0 Å². The molecule has 1 heterocycles. The van der Waals surface area contributed by atoms with Crippen molar-refractivity contribution in [1.29, 1.82) is 0 Å². The van der Waals surface area contributed by atoms with E-state index in [9.17, 15) is 4.79 Å². The van der Waals surface area contributed by atoms with Gasteiger partial charge < -0.3 is 10.1 Å². The number of ether oxygens (including phenoxy) is 1. The van der Waals surface area contributed by atoms with Crippen molar-refractivity contribution in [3.05, 3.63) is 77.2 Å². The van der Waals surface area contributed by atoms with E-state index in [0.29, 0.717) is 10.1 Å². The lowest BCUT2D eigenvalue weighted by molar-refractivity contribution is -0.115. The first-order chi connectivity index (χ1) is 12.7. The summed E-state index contributed by atoms with van der Waals surface area (Å²) in [4.78, 5) is 17.5. The molecule has 0 radical (unpaired) electrons. The summed E-state index contributed by atoms with van der Waals surface area (Å²) in [6.45, 7) is 0. The minimum Gasteiger partial charge on any atom is -0.497 e. The number of amides is 1. The van der Waals surface area contributed by atoms with Gasteiger partial charge in [0.25, 0.3) is 5.91 Å². The van der Waals surface area contributed by atoms with Crippen LogP contribution in [0.15, 0.2) is 76.6 Å². The van der Waals surface area contributed by atoms with Crippen LogP contribution in [0.5, 0.6) is 5.75 Å². The summed E-state index contributed by atoms with van der Waals surface area (Å²) in [5.74, 6) is 0.615. The highest BCUT2D eigenvalue weighted by Crippen LogP contribution is 2.31. The van der Waals surface area contributed by atoms with Crippen molar-refractivity contribution >= 4 is 45.4 Å². The SMILES string of the molecule is COc1cccc(/C=C2/SC(=Nc3cccc4ccccc34)NC2=O)c1. The van der Waals surface area contributed by atoms with Crippen molar-refractivity contribution in [3.8, 4) is 5.75 Å². The first-order valence-corrected chi connectivity index (χ1v) is 8.96. The van der Waals surface area contributed by atoms with Crippen molar-refractivity contribution in [1.82, 2.24) is 5.32 Å². The summed E-state index contributed by atoms with van der Waals surface area (Å²) in [6.07, 6.45) is 1.84. The van der Waals surface area contributed by atoms with Crippen LogP contribution in [0.3, 0.4) is 0 Å². The third-order valence-electron chi connectivity index (χ3n) is 4.03. The van der Waals surface area contributed by atoms with Crippen molar-refractivity contribution in [2.75, 3.05) is 7.11 Å². The molecule has 0 saturated carbocycles. The summed E-state index contributed by atoms with van der Waals surface area (Å²) < 4.78 is 5.23. The van der Waals surface area contributed by atoms with Gasteiger partial charge in [0.15, 0.2) is 5.17 Å². The van der Waals surface area contributed by atoms with Crippen LogP contribution in [-0.2, 0) is 4.79 Å². The number of nitrogens with zero attached hydrogens (tertiary/aromatic N) is 1. The van der Waals surface area contributed by atoms with Crippen LogP contribution in [0.25, 0.3) is 16.8 Å². The Morgan fingerprint density at radius 1 is 1.04 bits per heavy atom. The number of hydrogen-bond donors (Lipinski definition) is 1. The molecule has 0 aromatic heterocycles. The van der Waals surface area contributed by atoms with E-state index in [0.717, 1.165) is 27.8 Å². The molecule has 1 aliphatic rings. The topological polar surface area (TPSA) is 50.7 Å². The molecule has 0 spiro atoms. The Morgan fingerprint density at radius 2 is 1.85 bits per heavy atom. The summed E-state index contributed by atoms with van der Waals surface area (Å²) in [5, 5.41) is 5.60. The van der Waals surface area contributed by atoms with Crippen LogP contribution < -0.4 is 10.1 Å². The molecule has 3 aromatic rings. The van der Waals surface area contributed by atoms with Gasteiger partial charge in [0, 0.05) is 5.39 Å². The van der Waals surface area contributed by atoms with E-state index in [1.54, 1.807) is 7.11 Å². The number of thioether (sulfide) groups is 1. The number of amidine groups is 1. The van der Waals surface area contributed by atoms with Gasteiger partial charge >= 0.3 is 0 Å². The van der Waals surface area contributed by atoms with E-state index >= 15 is 0 Å². The monoisotopic (exact) mass is 360 g/mol. The number of rotatable bonds is 3. The number of benzene rings is 3. The van der Waals surface area contributed by atoms with Crippen molar-refractivity contribution in [2.24, 2.45) is 4.99 Å². The fourth-order valence-electron chi connectivity index (χ4n) is 2.78. The lowest BCUT2D eigenvalue weighted by Gasteiger charge is -2.02. The zero-order valence-corrected chi connectivity index (χ0v) is 14.9. The largest absolute Gasteiger partial charge is 0.497 e. The van der Waals surface area contributed by atoms with Crippen LogP contribution in [0.4, 0.5) is 5.69 Å². The Hall–Kier alpha value is -3.05. The van der Waals surface area contributed by atoms with E-state index in [4.69, 9.17) is 4.74 Å². The molecular formula is C21H16N2O2S. The summed E-state index contributed by atoms with van der Waals surface area (Å²) in [5.41, 5.74) is 1.75. The summed E-state index contributed by atoms with van der Waals surface area (Å²) in [7, 11) is 1.62. The van der Waals surface area contributed by atoms with Gasteiger partial charge in [-0.15, -0.1) is 0 Å². The molecule has 1 amide bonds. The van der Waals surface area contributed by atoms with Crippen LogP contribution in [0.1, 0.15) is 5.56 Å². The average molecular weight is 360 g/mol. The lowest BCUT2D eigenvalue weighted by atomic mass is 10.1. The Bertz CT molecular complexity index is 1050. The van der Waals surface area contributed by atoms with Crippen molar-refractivity contribution in [2.45, 2.75) is 0 Å². The number of carbonyl (C=O) groups excluding carboxylic acids is 1.